The zero-order chi connectivity index (χ0) is 19.7. The lowest BCUT2D eigenvalue weighted by atomic mass is 10.1. The van der Waals surface area contributed by atoms with Crippen LogP contribution < -0.4 is 0 Å². The standard InChI is InChI=1S/C21H18Cl2N2O2/c1-12-8-15(21(26)27)4-7-20(12)25-13(2)9-16(14(25)3)11-24-17-5-6-18(22)19(23)10-17/h4-11H,1-3H3,(H,26,27). The van der Waals surface area contributed by atoms with Gasteiger partial charge < -0.3 is 9.67 Å². The number of benzene rings is 2. The molecule has 27 heavy (non-hydrogen) atoms. The predicted octanol–water partition coefficient (Wildman–Crippen LogP) is 6.16. The van der Waals surface area contributed by atoms with Gasteiger partial charge in [0.2, 0.25) is 0 Å². The van der Waals surface area contributed by atoms with Crippen LogP contribution in [0.3, 0.4) is 0 Å². The van der Waals surface area contributed by atoms with Crippen molar-refractivity contribution in [3.05, 3.63) is 80.6 Å². The SMILES string of the molecule is Cc1cc(C(=O)O)ccc1-n1c(C)cc(C=Nc2ccc(Cl)c(Cl)c2)c1C. The van der Waals surface area contributed by atoms with E-state index in [1.165, 1.54) is 0 Å². The maximum Gasteiger partial charge on any atom is 0.335 e. The van der Waals surface area contributed by atoms with Crippen molar-refractivity contribution < 1.29 is 9.90 Å². The number of aliphatic imine (C=N–C) groups is 1. The number of nitrogens with zero attached hydrogens (tertiary/aromatic N) is 2. The summed E-state index contributed by atoms with van der Waals surface area (Å²) in [5.41, 5.74) is 5.86. The summed E-state index contributed by atoms with van der Waals surface area (Å²) in [7, 11) is 0. The Hall–Kier alpha value is -2.56. The second-order valence-corrected chi connectivity index (χ2v) is 7.14. The summed E-state index contributed by atoms with van der Waals surface area (Å²) >= 11 is 12.0. The van der Waals surface area contributed by atoms with Gasteiger partial charge in [-0.1, -0.05) is 23.2 Å². The molecule has 0 fully saturated rings. The largest absolute Gasteiger partial charge is 0.478 e. The smallest absolute Gasteiger partial charge is 0.335 e. The first-order valence-electron chi connectivity index (χ1n) is 8.30. The van der Waals surface area contributed by atoms with E-state index in [9.17, 15) is 4.79 Å². The molecule has 0 saturated heterocycles. The molecule has 3 aromatic rings. The third-order valence-corrected chi connectivity index (χ3v) is 5.15. The Labute approximate surface area is 167 Å². The van der Waals surface area contributed by atoms with Crippen molar-refractivity contribution in [1.82, 2.24) is 4.57 Å². The lowest BCUT2D eigenvalue weighted by molar-refractivity contribution is 0.0697. The highest BCUT2D eigenvalue weighted by atomic mass is 35.5. The van der Waals surface area contributed by atoms with Gasteiger partial charge in [0.05, 0.1) is 21.3 Å². The summed E-state index contributed by atoms with van der Waals surface area (Å²) in [5.74, 6) is -0.931. The van der Waals surface area contributed by atoms with E-state index >= 15 is 0 Å². The molecule has 0 spiro atoms. The molecule has 1 heterocycles. The number of carbonyl (C=O) groups is 1. The molecule has 4 nitrogen and oxygen atoms in total. The number of carboxylic acids is 1. The Kier molecular flexibility index (Phi) is 5.40. The molecule has 138 valence electrons. The number of aromatic carboxylic acids is 1. The minimum Gasteiger partial charge on any atom is -0.478 e. The monoisotopic (exact) mass is 400 g/mol. The first kappa shape index (κ1) is 19.2. The highest BCUT2D eigenvalue weighted by Crippen LogP contribution is 2.27. The Morgan fingerprint density at radius 3 is 2.41 bits per heavy atom. The number of aromatic nitrogens is 1. The normalized spacial score (nSPS) is 11.3. The number of hydrogen-bond donors (Lipinski definition) is 1. The molecular weight excluding hydrogens is 383 g/mol. The average molecular weight is 401 g/mol. The van der Waals surface area contributed by atoms with Gasteiger partial charge in [-0.25, -0.2) is 4.79 Å². The van der Waals surface area contributed by atoms with Crippen molar-refractivity contribution in [2.75, 3.05) is 0 Å². The fraction of sp³-hybridized carbons (Fsp3) is 0.143. The second kappa shape index (κ2) is 7.59. The summed E-state index contributed by atoms with van der Waals surface area (Å²) in [4.78, 5) is 15.6. The molecule has 0 aliphatic heterocycles. The molecule has 0 amide bonds. The Morgan fingerprint density at radius 1 is 1.04 bits per heavy atom. The van der Waals surface area contributed by atoms with E-state index in [-0.39, 0.29) is 5.56 Å². The van der Waals surface area contributed by atoms with E-state index < -0.39 is 5.97 Å². The molecule has 0 unspecified atom stereocenters. The van der Waals surface area contributed by atoms with Gasteiger partial charge >= 0.3 is 5.97 Å². The van der Waals surface area contributed by atoms with Crippen LogP contribution in [0, 0.1) is 20.8 Å². The first-order chi connectivity index (χ1) is 12.8. The van der Waals surface area contributed by atoms with Crippen LogP contribution in [0.15, 0.2) is 47.5 Å². The molecule has 3 rings (SSSR count). The van der Waals surface area contributed by atoms with Crippen LogP contribution in [-0.4, -0.2) is 21.9 Å². The van der Waals surface area contributed by atoms with Crippen molar-refractivity contribution in [2.45, 2.75) is 20.8 Å². The molecule has 1 N–H and O–H groups in total. The third kappa shape index (κ3) is 3.92. The molecule has 0 aliphatic rings. The van der Waals surface area contributed by atoms with Crippen molar-refractivity contribution in [2.24, 2.45) is 4.99 Å². The minimum absolute atomic E-state index is 0.278. The van der Waals surface area contributed by atoms with E-state index in [0.29, 0.717) is 10.0 Å². The van der Waals surface area contributed by atoms with Crippen LogP contribution in [0.4, 0.5) is 5.69 Å². The van der Waals surface area contributed by atoms with Gasteiger partial charge in [0.15, 0.2) is 0 Å². The van der Waals surface area contributed by atoms with Crippen LogP contribution in [0.25, 0.3) is 5.69 Å². The van der Waals surface area contributed by atoms with Crippen molar-refractivity contribution >= 4 is 41.1 Å². The molecular formula is C21H18Cl2N2O2. The molecule has 0 saturated carbocycles. The molecule has 6 heteroatoms. The number of carboxylic acid groups (broad SMARTS) is 1. The van der Waals surface area contributed by atoms with Crippen LogP contribution in [-0.2, 0) is 0 Å². The minimum atomic E-state index is -0.931. The Bertz CT molecular complexity index is 1070. The summed E-state index contributed by atoms with van der Waals surface area (Å²) < 4.78 is 2.09. The van der Waals surface area contributed by atoms with Gasteiger partial charge in [-0.05, 0) is 68.8 Å². The lowest BCUT2D eigenvalue weighted by Gasteiger charge is -2.13. The van der Waals surface area contributed by atoms with E-state index in [4.69, 9.17) is 28.3 Å². The van der Waals surface area contributed by atoms with Gasteiger partial charge in [-0.3, -0.25) is 4.99 Å². The maximum atomic E-state index is 11.2. The number of halogens is 2. The maximum absolute atomic E-state index is 11.2. The highest BCUT2D eigenvalue weighted by molar-refractivity contribution is 6.42. The number of hydrogen-bond acceptors (Lipinski definition) is 2. The summed E-state index contributed by atoms with van der Waals surface area (Å²) in [6, 6.07) is 12.4. The van der Waals surface area contributed by atoms with E-state index in [1.807, 2.05) is 32.9 Å². The summed E-state index contributed by atoms with van der Waals surface area (Å²) in [6.07, 6.45) is 1.79. The quantitative estimate of drug-likeness (QED) is 0.533. The number of aryl methyl sites for hydroxylation is 2. The van der Waals surface area contributed by atoms with Crippen LogP contribution in [0.5, 0.6) is 0 Å². The first-order valence-corrected chi connectivity index (χ1v) is 9.06. The van der Waals surface area contributed by atoms with E-state index in [2.05, 4.69) is 9.56 Å². The third-order valence-electron chi connectivity index (χ3n) is 4.41. The van der Waals surface area contributed by atoms with Crippen molar-refractivity contribution in [3.8, 4) is 5.69 Å². The topological polar surface area (TPSA) is 54.6 Å². The van der Waals surface area contributed by atoms with Crippen LogP contribution >= 0.6 is 23.2 Å². The van der Waals surface area contributed by atoms with E-state index in [1.54, 1.807) is 36.5 Å². The number of rotatable bonds is 4. The Balaban J connectivity index is 1.99. The molecule has 2 aromatic carbocycles. The molecule has 0 aliphatic carbocycles. The predicted molar refractivity (Wildman–Crippen MR) is 111 cm³/mol. The zero-order valence-electron chi connectivity index (χ0n) is 15.1. The van der Waals surface area contributed by atoms with Gasteiger partial charge in [0.1, 0.15) is 0 Å². The summed E-state index contributed by atoms with van der Waals surface area (Å²) in [5, 5.41) is 10.1. The fourth-order valence-corrected chi connectivity index (χ4v) is 3.33. The summed E-state index contributed by atoms with van der Waals surface area (Å²) in [6.45, 7) is 5.92. The Morgan fingerprint density at radius 2 is 1.78 bits per heavy atom. The van der Waals surface area contributed by atoms with Crippen LogP contribution in [0.1, 0.15) is 32.9 Å². The second-order valence-electron chi connectivity index (χ2n) is 6.32. The lowest BCUT2D eigenvalue weighted by Crippen LogP contribution is -2.04. The fourth-order valence-electron chi connectivity index (χ4n) is 3.04. The van der Waals surface area contributed by atoms with Gasteiger partial charge in [0, 0.05) is 28.9 Å². The molecule has 0 bridgehead atoms. The van der Waals surface area contributed by atoms with E-state index in [0.717, 1.165) is 33.9 Å². The molecule has 1 aromatic heterocycles. The molecule has 0 atom stereocenters. The van der Waals surface area contributed by atoms with Crippen molar-refractivity contribution in [1.29, 1.82) is 0 Å². The molecule has 0 radical (unpaired) electrons. The van der Waals surface area contributed by atoms with Crippen molar-refractivity contribution in [3.63, 3.8) is 0 Å². The van der Waals surface area contributed by atoms with Crippen LogP contribution in [0.2, 0.25) is 10.0 Å². The van der Waals surface area contributed by atoms with Gasteiger partial charge in [-0.15, -0.1) is 0 Å². The zero-order valence-corrected chi connectivity index (χ0v) is 16.6. The van der Waals surface area contributed by atoms with Gasteiger partial charge in [0.25, 0.3) is 0 Å². The average Bonchev–Trinajstić information content (AvgIpc) is 2.90. The van der Waals surface area contributed by atoms with Gasteiger partial charge in [-0.2, -0.15) is 0 Å². The highest BCUT2D eigenvalue weighted by Gasteiger charge is 2.13.